The molecule has 0 aliphatic carbocycles. The van der Waals surface area contributed by atoms with Crippen molar-refractivity contribution in [1.29, 1.82) is 0 Å². The van der Waals surface area contributed by atoms with Gasteiger partial charge in [-0.1, -0.05) is 5.57 Å². The first-order valence-corrected chi connectivity index (χ1v) is 3.69. The van der Waals surface area contributed by atoms with E-state index in [1.54, 1.807) is 0 Å². The zero-order valence-electron chi connectivity index (χ0n) is 5.62. The molecule has 0 aliphatic heterocycles. The highest BCUT2D eigenvalue weighted by molar-refractivity contribution is 7.38. The number of carbonyl (C=O) groups is 1. The molecule has 0 heterocycles. The van der Waals surface area contributed by atoms with E-state index in [9.17, 15) is 13.9 Å². The molecule has 0 aromatic rings. The second-order valence-electron chi connectivity index (χ2n) is 1.91. The number of hydrogen-bond acceptors (Lipinski definition) is 3. The molecule has 4 nitrogen and oxygen atoms in total. The Morgan fingerprint density at radius 2 is 1.70 bits per heavy atom. The highest BCUT2D eigenvalue weighted by Crippen LogP contribution is 2.22. The Morgan fingerprint density at radius 3 is 1.70 bits per heavy atom. The molecule has 0 saturated heterocycles. The third kappa shape index (κ3) is 2.15. The van der Waals surface area contributed by atoms with Crippen LogP contribution in [0.5, 0.6) is 0 Å². The maximum Gasteiger partial charge on any atom is 0.356 e. The van der Waals surface area contributed by atoms with E-state index in [1.807, 2.05) is 0 Å². The van der Waals surface area contributed by atoms with Crippen molar-refractivity contribution in [3.05, 3.63) is 10.9 Å². The Morgan fingerprint density at radius 1 is 1.30 bits per heavy atom. The van der Waals surface area contributed by atoms with Crippen molar-refractivity contribution in [1.82, 2.24) is 0 Å². The Bertz CT molecular complexity index is 236. The largest absolute Gasteiger partial charge is 0.477 e. The molecule has 0 aliphatic rings. The van der Waals surface area contributed by atoms with Crippen molar-refractivity contribution < 1.29 is 19.0 Å². The van der Waals surface area contributed by atoms with Gasteiger partial charge < -0.3 is 5.11 Å². The van der Waals surface area contributed by atoms with Crippen molar-refractivity contribution in [2.75, 3.05) is 0 Å². The van der Waals surface area contributed by atoms with Gasteiger partial charge in [0.25, 0.3) is 0 Å². The Labute approximate surface area is 58.4 Å². The van der Waals surface area contributed by atoms with Gasteiger partial charge in [0.05, 0.1) is 0 Å². The van der Waals surface area contributed by atoms with E-state index in [-0.39, 0.29) is 0 Å². The van der Waals surface area contributed by atoms with Crippen LogP contribution in [0, 0.1) is 0 Å². The summed E-state index contributed by atoms with van der Waals surface area (Å²) in [6.07, 6.45) is 0. The molecule has 0 bridgehead atoms. The van der Waals surface area contributed by atoms with Gasteiger partial charge in [-0.3, -0.25) is 0 Å². The summed E-state index contributed by atoms with van der Waals surface area (Å²) in [5.74, 6) is -1.39. The number of aliphatic carboxylic acids is 1. The second-order valence-corrected chi connectivity index (χ2v) is 2.87. The minimum Gasteiger partial charge on any atom is -0.477 e. The van der Waals surface area contributed by atoms with Crippen molar-refractivity contribution in [3.63, 3.8) is 0 Å². The maximum atomic E-state index is 10.2. The molecule has 0 fully saturated rings. The van der Waals surface area contributed by atoms with Gasteiger partial charge in [-0.25, -0.2) is 13.9 Å². The second kappa shape index (κ2) is 3.32. The number of carboxylic acids is 1. The summed E-state index contributed by atoms with van der Waals surface area (Å²) < 4.78 is 20.4. The lowest BCUT2D eigenvalue weighted by molar-refractivity contribution is -0.131. The van der Waals surface area contributed by atoms with Crippen LogP contribution >= 0.6 is 7.68 Å². The molecule has 0 unspecified atom stereocenters. The van der Waals surface area contributed by atoms with Gasteiger partial charge in [0.1, 0.15) is 0 Å². The van der Waals surface area contributed by atoms with Gasteiger partial charge in [0.15, 0.2) is 5.31 Å². The first-order chi connectivity index (χ1) is 4.46. The summed E-state index contributed by atoms with van der Waals surface area (Å²) in [5.41, 5.74) is 0.295. The molecular weight excluding hydrogens is 155 g/mol. The third-order valence-electron chi connectivity index (χ3n) is 0.859. The van der Waals surface area contributed by atoms with Crippen molar-refractivity contribution in [2.45, 2.75) is 13.8 Å². The molecule has 0 saturated carbocycles. The summed E-state index contributed by atoms with van der Waals surface area (Å²) in [6.45, 7) is 2.88. The molecule has 10 heavy (non-hydrogen) atoms. The van der Waals surface area contributed by atoms with E-state index in [0.717, 1.165) is 0 Å². The summed E-state index contributed by atoms with van der Waals surface area (Å²) in [6, 6.07) is 0. The highest BCUT2D eigenvalue weighted by Gasteiger charge is 2.14. The fourth-order valence-corrected chi connectivity index (χ4v) is 0.996. The van der Waals surface area contributed by atoms with Gasteiger partial charge in [-0.05, 0) is 13.8 Å². The zero-order valence-corrected chi connectivity index (χ0v) is 6.51. The average molecular weight is 162 g/mol. The predicted octanol–water partition coefficient (Wildman–Crippen LogP) is 1.54. The zero-order chi connectivity index (χ0) is 8.31. The van der Waals surface area contributed by atoms with Crippen LogP contribution in [0.25, 0.3) is 0 Å². The van der Waals surface area contributed by atoms with Gasteiger partial charge in [0, 0.05) is 0 Å². The van der Waals surface area contributed by atoms with Crippen LogP contribution in [0.1, 0.15) is 13.8 Å². The molecule has 5 heteroatoms. The number of hydrogen-bond donors (Lipinski definition) is 1. The Balaban J connectivity index is 4.99. The summed E-state index contributed by atoms with van der Waals surface area (Å²) in [5, 5.41) is 7.75. The van der Waals surface area contributed by atoms with E-state index in [0.29, 0.717) is 5.57 Å². The monoisotopic (exact) mass is 162 g/mol. The molecule has 1 N–H and O–H groups in total. The van der Waals surface area contributed by atoms with Gasteiger partial charge in [-0.15, -0.1) is 0 Å². The fraction of sp³-hybridized carbons (Fsp3) is 0.400. The normalized spacial score (nSPS) is 8.60. The smallest absolute Gasteiger partial charge is 0.356 e. The summed E-state index contributed by atoms with van der Waals surface area (Å²) in [7, 11) is -2.96. The number of carboxylic acid groups (broad SMARTS) is 1. The fourth-order valence-electron chi connectivity index (χ4n) is 0.475. The van der Waals surface area contributed by atoms with Gasteiger partial charge in [-0.2, -0.15) is 0 Å². The van der Waals surface area contributed by atoms with E-state index in [4.69, 9.17) is 5.11 Å². The van der Waals surface area contributed by atoms with E-state index in [2.05, 4.69) is 0 Å². The lowest BCUT2D eigenvalue weighted by atomic mass is 10.3. The molecule has 0 radical (unpaired) electrons. The van der Waals surface area contributed by atoms with Crippen LogP contribution in [-0.4, -0.2) is 11.1 Å². The highest BCUT2D eigenvalue weighted by atomic mass is 31.1. The SMILES string of the molecule is CC(C)=C(C(=O)O)P(=O)=O. The molecular formula is C5H7O4P. The minimum atomic E-state index is -2.96. The molecule has 0 rings (SSSR count). The Kier molecular flexibility index (Phi) is 3.03. The van der Waals surface area contributed by atoms with Gasteiger partial charge >= 0.3 is 13.6 Å². The van der Waals surface area contributed by atoms with Crippen molar-refractivity contribution in [3.8, 4) is 0 Å². The van der Waals surface area contributed by atoms with E-state index < -0.39 is 19.0 Å². The quantitative estimate of drug-likeness (QED) is 0.493. The van der Waals surface area contributed by atoms with Crippen molar-refractivity contribution >= 4 is 13.6 Å². The Hall–Kier alpha value is -0.890. The lowest BCUT2D eigenvalue weighted by Gasteiger charge is -1.90. The first kappa shape index (κ1) is 9.11. The number of rotatable bonds is 2. The summed E-state index contributed by atoms with van der Waals surface area (Å²) in [4.78, 5) is 10.1. The maximum absolute atomic E-state index is 10.2. The molecule has 0 aromatic carbocycles. The van der Waals surface area contributed by atoms with Gasteiger partial charge in [0.2, 0.25) is 0 Å². The molecule has 0 spiro atoms. The van der Waals surface area contributed by atoms with Crippen LogP contribution in [0.4, 0.5) is 0 Å². The lowest BCUT2D eigenvalue weighted by Crippen LogP contribution is -1.96. The molecule has 0 amide bonds. The molecule has 0 aromatic heterocycles. The molecule has 56 valence electrons. The predicted molar refractivity (Wildman–Crippen MR) is 34.3 cm³/mol. The molecule has 0 atom stereocenters. The minimum absolute atomic E-state index is 0.295. The van der Waals surface area contributed by atoms with Crippen LogP contribution < -0.4 is 0 Å². The van der Waals surface area contributed by atoms with Crippen LogP contribution in [0.15, 0.2) is 10.9 Å². The van der Waals surface area contributed by atoms with Crippen molar-refractivity contribution in [2.24, 2.45) is 0 Å². The van der Waals surface area contributed by atoms with Crippen LogP contribution in [0.3, 0.4) is 0 Å². The standard InChI is InChI=1S/C5H7O4P/c1-3(2)4(5(6)7)10(8)9/h1-2H3,(H,6,7). The van der Waals surface area contributed by atoms with E-state index in [1.165, 1.54) is 13.8 Å². The summed E-state index contributed by atoms with van der Waals surface area (Å²) >= 11 is 0. The third-order valence-corrected chi connectivity index (χ3v) is 1.86. The van der Waals surface area contributed by atoms with Crippen LogP contribution in [0.2, 0.25) is 0 Å². The average Bonchev–Trinajstić information content (AvgIpc) is 1.59. The van der Waals surface area contributed by atoms with Crippen LogP contribution in [-0.2, 0) is 13.9 Å². The topological polar surface area (TPSA) is 71.4 Å². The van der Waals surface area contributed by atoms with E-state index >= 15 is 0 Å². The first-order valence-electron chi connectivity index (χ1n) is 2.52. The number of allylic oxidation sites excluding steroid dienone is 1.